The fourth-order valence-corrected chi connectivity index (χ4v) is 3.27. The van der Waals surface area contributed by atoms with Crippen LogP contribution in [0.2, 0.25) is 5.02 Å². The SMILES string of the molecule is CCOCOc1ccc2nc(-c3ccc(Cl)c([N+](=O)[O-])c3)sc2c1. The zero-order valence-electron chi connectivity index (χ0n) is 12.7. The Morgan fingerprint density at radius 2 is 2.12 bits per heavy atom. The van der Waals surface area contributed by atoms with Gasteiger partial charge in [0.2, 0.25) is 0 Å². The number of aromatic nitrogens is 1. The van der Waals surface area contributed by atoms with Crippen molar-refractivity contribution in [2.45, 2.75) is 6.92 Å². The molecule has 0 saturated carbocycles. The highest BCUT2D eigenvalue weighted by Gasteiger charge is 2.15. The van der Waals surface area contributed by atoms with Crippen molar-refractivity contribution in [3.8, 4) is 16.3 Å². The van der Waals surface area contributed by atoms with E-state index in [-0.39, 0.29) is 17.5 Å². The molecule has 0 amide bonds. The maximum absolute atomic E-state index is 11.0. The minimum absolute atomic E-state index is 0.108. The lowest BCUT2D eigenvalue weighted by Gasteiger charge is -2.04. The number of hydrogen-bond donors (Lipinski definition) is 0. The lowest BCUT2D eigenvalue weighted by Crippen LogP contribution is -2.01. The Bertz CT molecular complexity index is 897. The zero-order chi connectivity index (χ0) is 17.1. The van der Waals surface area contributed by atoms with Gasteiger partial charge in [-0.05, 0) is 37.3 Å². The molecule has 0 aliphatic carbocycles. The number of nitrogens with zero attached hydrogens (tertiary/aromatic N) is 2. The second kappa shape index (κ2) is 7.12. The summed E-state index contributed by atoms with van der Waals surface area (Å²) in [6.07, 6.45) is 0. The van der Waals surface area contributed by atoms with Crippen LogP contribution < -0.4 is 4.74 Å². The summed E-state index contributed by atoms with van der Waals surface area (Å²) in [5.41, 5.74) is 1.33. The van der Waals surface area contributed by atoms with Gasteiger partial charge in [0.15, 0.2) is 6.79 Å². The molecule has 3 aromatic rings. The van der Waals surface area contributed by atoms with E-state index in [9.17, 15) is 10.1 Å². The summed E-state index contributed by atoms with van der Waals surface area (Å²) in [7, 11) is 0. The quantitative estimate of drug-likeness (QED) is 0.269. The first-order valence-electron chi connectivity index (χ1n) is 7.14. The molecule has 1 heterocycles. The first-order chi connectivity index (χ1) is 11.6. The molecule has 0 spiro atoms. The molecule has 124 valence electrons. The molecule has 24 heavy (non-hydrogen) atoms. The van der Waals surface area contributed by atoms with Crippen LogP contribution in [0.25, 0.3) is 20.8 Å². The number of hydrogen-bond acceptors (Lipinski definition) is 6. The molecule has 2 aromatic carbocycles. The lowest BCUT2D eigenvalue weighted by atomic mass is 10.2. The van der Waals surface area contributed by atoms with Gasteiger partial charge in [0.05, 0.1) is 15.1 Å². The summed E-state index contributed by atoms with van der Waals surface area (Å²) in [5, 5.41) is 11.8. The van der Waals surface area contributed by atoms with Crippen molar-refractivity contribution in [1.29, 1.82) is 0 Å². The number of ether oxygens (including phenoxy) is 2. The fraction of sp³-hybridized carbons (Fsp3) is 0.188. The first-order valence-corrected chi connectivity index (χ1v) is 8.33. The van der Waals surface area contributed by atoms with Crippen molar-refractivity contribution in [2.24, 2.45) is 0 Å². The van der Waals surface area contributed by atoms with Gasteiger partial charge in [-0.25, -0.2) is 4.98 Å². The van der Waals surface area contributed by atoms with Crippen molar-refractivity contribution < 1.29 is 14.4 Å². The molecule has 0 saturated heterocycles. The van der Waals surface area contributed by atoms with Crippen LogP contribution in [-0.2, 0) is 4.74 Å². The molecule has 0 atom stereocenters. The average Bonchev–Trinajstić information content (AvgIpc) is 2.98. The molecule has 0 aliphatic rings. The van der Waals surface area contributed by atoms with Gasteiger partial charge < -0.3 is 9.47 Å². The van der Waals surface area contributed by atoms with E-state index in [1.807, 2.05) is 25.1 Å². The topological polar surface area (TPSA) is 74.5 Å². The Hall–Kier alpha value is -2.22. The standard InChI is InChI=1S/C16H13ClN2O4S/c1-2-22-9-23-11-4-6-13-15(8-11)24-16(18-13)10-3-5-12(17)14(7-10)19(20)21/h3-8H,2,9H2,1H3. The third kappa shape index (κ3) is 3.48. The highest BCUT2D eigenvalue weighted by molar-refractivity contribution is 7.21. The molecular weight excluding hydrogens is 352 g/mol. The Balaban J connectivity index is 1.93. The number of nitro benzene ring substituents is 1. The number of thiazole rings is 1. The monoisotopic (exact) mass is 364 g/mol. The Morgan fingerprint density at radius 1 is 1.29 bits per heavy atom. The molecule has 6 nitrogen and oxygen atoms in total. The second-order valence-corrected chi connectivity index (χ2v) is 6.26. The predicted molar refractivity (Wildman–Crippen MR) is 93.8 cm³/mol. The van der Waals surface area contributed by atoms with E-state index in [0.29, 0.717) is 22.9 Å². The molecule has 0 bridgehead atoms. The smallest absolute Gasteiger partial charge is 0.288 e. The van der Waals surface area contributed by atoms with E-state index < -0.39 is 4.92 Å². The zero-order valence-corrected chi connectivity index (χ0v) is 14.3. The van der Waals surface area contributed by atoms with Crippen LogP contribution >= 0.6 is 22.9 Å². The minimum Gasteiger partial charge on any atom is -0.468 e. The molecule has 8 heteroatoms. The van der Waals surface area contributed by atoms with Gasteiger partial charge in [-0.3, -0.25) is 10.1 Å². The fourth-order valence-electron chi connectivity index (χ4n) is 2.10. The maximum Gasteiger partial charge on any atom is 0.288 e. The average molecular weight is 365 g/mol. The van der Waals surface area contributed by atoms with Crippen LogP contribution in [0, 0.1) is 10.1 Å². The third-order valence-electron chi connectivity index (χ3n) is 3.26. The van der Waals surface area contributed by atoms with Gasteiger partial charge in [0.25, 0.3) is 5.69 Å². The van der Waals surface area contributed by atoms with Crippen molar-refractivity contribution in [2.75, 3.05) is 13.4 Å². The molecule has 0 aliphatic heterocycles. The second-order valence-electron chi connectivity index (χ2n) is 4.83. The van der Waals surface area contributed by atoms with E-state index in [4.69, 9.17) is 21.1 Å². The van der Waals surface area contributed by atoms with Crippen LogP contribution in [0.1, 0.15) is 6.92 Å². The lowest BCUT2D eigenvalue weighted by molar-refractivity contribution is -0.384. The summed E-state index contributed by atoms with van der Waals surface area (Å²) in [5.74, 6) is 0.688. The number of benzene rings is 2. The summed E-state index contributed by atoms with van der Waals surface area (Å²) >= 11 is 7.28. The van der Waals surface area contributed by atoms with Crippen LogP contribution in [0.3, 0.4) is 0 Å². The minimum atomic E-state index is -0.501. The van der Waals surface area contributed by atoms with Crippen LogP contribution in [0.4, 0.5) is 5.69 Å². The molecule has 0 unspecified atom stereocenters. The van der Waals surface area contributed by atoms with E-state index in [0.717, 1.165) is 10.2 Å². The molecular formula is C16H13ClN2O4S. The molecule has 0 radical (unpaired) electrons. The Kier molecular flexibility index (Phi) is 4.94. The number of rotatable bonds is 6. The summed E-state index contributed by atoms with van der Waals surface area (Å²) in [6.45, 7) is 2.67. The van der Waals surface area contributed by atoms with Crippen molar-refractivity contribution in [3.63, 3.8) is 0 Å². The largest absolute Gasteiger partial charge is 0.468 e. The highest BCUT2D eigenvalue weighted by Crippen LogP contribution is 2.35. The normalized spacial score (nSPS) is 10.9. The van der Waals surface area contributed by atoms with Crippen LogP contribution in [0.5, 0.6) is 5.75 Å². The summed E-state index contributed by atoms with van der Waals surface area (Å²) in [6, 6.07) is 10.2. The van der Waals surface area contributed by atoms with E-state index >= 15 is 0 Å². The van der Waals surface area contributed by atoms with Gasteiger partial charge in [-0.15, -0.1) is 11.3 Å². The summed E-state index contributed by atoms with van der Waals surface area (Å²) in [4.78, 5) is 15.0. The number of nitro groups is 1. The Morgan fingerprint density at radius 3 is 2.88 bits per heavy atom. The molecule has 3 rings (SSSR count). The van der Waals surface area contributed by atoms with E-state index in [2.05, 4.69) is 4.98 Å². The maximum atomic E-state index is 11.0. The first kappa shape index (κ1) is 16.6. The number of halogens is 1. The van der Waals surface area contributed by atoms with Gasteiger partial charge >= 0.3 is 0 Å². The van der Waals surface area contributed by atoms with Crippen molar-refractivity contribution >= 4 is 38.8 Å². The van der Waals surface area contributed by atoms with Gasteiger partial charge in [0, 0.05) is 18.2 Å². The Labute approximate surface area is 146 Å². The van der Waals surface area contributed by atoms with Gasteiger partial charge in [-0.1, -0.05) is 11.6 Å². The van der Waals surface area contributed by atoms with Crippen LogP contribution in [0.15, 0.2) is 36.4 Å². The van der Waals surface area contributed by atoms with Crippen molar-refractivity contribution in [3.05, 3.63) is 51.5 Å². The predicted octanol–water partition coefficient (Wildman–Crippen LogP) is 4.90. The molecule has 0 N–H and O–H groups in total. The summed E-state index contributed by atoms with van der Waals surface area (Å²) < 4.78 is 11.6. The van der Waals surface area contributed by atoms with Crippen LogP contribution in [-0.4, -0.2) is 23.3 Å². The van der Waals surface area contributed by atoms with Gasteiger partial charge in [0.1, 0.15) is 15.8 Å². The van der Waals surface area contributed by atoms with Gasteiger partial charge in [-0.2, -0.15) is 0 Å². The number of fused-ring (bicyclic) bond motifs is 1. The van der Waals surface area contributed by atoms with E-state index in [1.54, 1.807) is 6.07 Å². The molecule has 0 fully saturated rings. The van der Waals surface area contributed by atoms with Crippen molar-refractivity contribution in [1.82, 2.24) is 4.98 Å². The third-order valence-corrected chi connectivity index (χ3v) is 4.65. The highest BCUT2D eigenvalue weighted by atomic mass is 35.5. The van der Waals surface area contributed by atoms with E-state index in [1.165, 1.54) is 23.5 Å². The molecule has 1 aromatic heterocycles.